The van der Waals surface area contributed by atoms with Crippen molar-refractivity contribution in [2.45, 2.75) is 19.8 Å². The lowest BCUT2D eigenvalue weighted by molar-refractivity contribution is -0.121. The molecule has 0 aliphatic rings. The van der Waals surface area contributed by atoms with Crippen LogP contribution in [-0.2, 0) is 4.79 Å². The van der Waals surface area contributed by atoms with Crippen molar-refractivity contribution < 1.29 is 14.3 Å². The summed E-state index contributed by atoms with van der Waals surface area (Å²) in [5.41, 5.74) is 0. The molecule has 0 radical (unpaired) electrons. The largest absolute Gasteiger partial charge is 0.492 e. The van der Waals surface area contributed by atoms with E-state index in [0.717, 1.165) is 15.5 Å². The maximum Gasteiger partial charge on any atom is 0.220 e. The molecule has 0 fully saturated rings. The predicted octanol–water partition coefficient (Wildman–Crippen LogP) is 3.21. The number of ether oxygens (including phenoxy) is 1. The van der Waals surface area contributed by atoms with Crippen LogP contribution in [0.4, 0.5) is 0 Å². The van der Waals surface area contributed by atoms with Crippen LogP contribution in [0.1, 0.15) is 27.4 Å². The van der Waals surface area contributed by atoms with Crippen molar-refractivity contribution in [2.24, 2.45) is 0 Å². The fourth-order valence-electron chi connectivity index (χ4n) is 1.90. The number of aryl methyl sites for hydroxylation is 1. The number of hydrogen-bond donors (Lipinski definition) is 1. The van der Waals surface area contributed by atoms with E-state index in [1.165, 1.54) is 11.3 Å². The van der Waals surface area contributed by atoms with Gasteiger partial charge in [-0.1, -0.05) is 18.2 Å². The molecule has 116 valence electrons. The normalized spacial score (nSPS) is 10.2. The molecule has 0 saturated heterocycles. The molecule has 5 heteroatoms. The second kappa shape index (κ2) is 8.34. The quantitative estimate of drug-likeness (QED) is 0.601. The first-order valence-electron chi connectivity index (χ1n) is 7.19. The zero-order chi connectivity index (χ0) is 15.8. The summed E-state index contributed by atoms with van der Waals surface area (Å²) in [5.74, 6) is 0.673. The minimum atomic E-state index is -0.127. The molecule has 1 aromatic carbocycles. The van der Waals surface area contributed by atoms with Crippen LogP contribution < -0.4 is 10.1 Å². The maximum atomic E-state index is 11.9. The summed E-state index contributed by atoms with van der Waals surface area (Å²) in [7, 11) is 0. The van der Waals surface area contributed by atoms with Crippen molar-refractivity contribution in [3.05, 3.63) is 52.2 Å². The number of nitrogens with one attached hydrogen (secondary N) is 1. The van der Waals surface area contributed by atoms with Crippen LogP contribution >= 0.6 is 11.3 Å². The van der Waals surface area contributed by atoms with Crippen LogP contribution in [0.5, 0.6) is 5.75 Å². The Morgan fingerprint density at radius 2 is 1.86 bits per heavy atom. The standard InChI is InChI=1S/C17H19NO3S/c1-13-7-9-16(22-13)15(19)8-10-17(20)18-11-12-21-14-5-3-2-4-6-14/h2-7,9H,8,10-12H2,1H3,(H,18,20). The number of amides is 1. The number of benzene rings is 1. The highest BCUT2D eigenvalue weighted by Crippen LogP contribution is 2.17. The summed E-state index contributed by atoms with van der Waals surface area (Å²) in [6, 6.07) is 13.2. The lowest BCUT2D eigenvalue weighted by atomic mass is 10.2. The van der Waals surface area contributed by atoms with E-state index < -0.39 is 0 Å². The van der Waals surface area contributed by atoms with Crippen molar-refractivity contribution >= 4 is 23.0 Å². The summed E-state index contributed by atoms with van der Waals surface area (Å²) >= 11 is 1.47. The van der Waals surface area contributed by atoms with Gasteiger partial charge in [-0.2, -0.15) is 0 Å². The monoisotopic (exact) mass is 317 g/mol. The number of rotatable bonds is 8. The molecule has 0 saturated carbocycles. The third-order valence-electron chi connectivity index (χ3n) is 3.03. The van der Waals surface area contributed by atoms with Gasteiger partial charge in [0, 0.05) is 17.7 Å². The first-order chi connectivity index (χ1) is 10.6. The molecule has 0 spiro atoms. The highest BCUT2D eigenvalue weighted by Gasteiger charge is 2.10. The van der Waals surface area contributed by atoms with Crippen LogP contribution in [0.25, 0.3) is 0 Å². The van der Waals surface area contributed by atoms with Gasteiger partial charge in [0.05, 0.1) is 11.4 Å². The minimum absolute atomic E-state index is 0.0220. The van der Waals surface area contributed by atoms with Gasteiger partial charge in [0.25, 0.3) is 0 Å². The Morgan fingerprint density at radius 1 is 1.09 bits per heavy atom. The molecule has 4 nitrogen and oxygen atoms in total. The number of hydrogen-bond acceptors (Lipinski definition) is 4. The van der Waals surface area contributed by atoms with E-state index in [1.54, 1.807) is 0 Å². The van der Waals surface area contributed by atoms with Crippen molar-refractivity contribution in [3.8, 4) is 5.75 Å². The Kier molecular flexibility index (Phi) is 6.15. The van der Waals surface area contributed by atoms with E-state index in [-0.39, 0.29) is 24.5 Å². The summed E-state index contributed by atoms with van der Waals surface area (Å²) in [4.78, 5) is 25.4. The van der Waals surface area contributed by atoms with Crippen molar-refractivity contribution in [2.75, 3.05) is 13.2 Å². The SMILES string of the molecule is Cc1ccc(C(=O)CCC(=O)NCCOc2ccccc2)s1. The summed E-state index contributed by atoms with van der Waals surface area (Å²) < 4.78 is 5.47. The molecule has 1 N–H and O–H groups in total. The van der Waals surface area contributed by atoms with E-state index in [4.69, 9.17) is 4.74 Å². The van der Waals surface area contributed by atoms with E-state index in [0.29, 0.717) is 13.2 Å². The van der Waals surface area contributed by atoms with Crippen LogP contribution in [0.3, 0.4) is 0 Å². The number of carbonyl (C=O) groups is 2. The van der Waals surface area contributed by atoms with E-state index in [9.17, 15) is 9.59 Å². The van der Waals surface area contributed by atoms with Gasteiger partial charge < -0.3 is 10.1 Å². The van der Waals surface area contributed by atoms with Crippen LogP contribution in [0, 0.1) is 6.92 Å². The molecule has 1 heterocycles. The molecule has 22 heavy (non-hydrogen) atoms. The van der Waals surface area contributed by atoms with Gasteiger partial charge in [-0.3, -0.25) is 9.59 Å². The second-order valence-electron chi connectivity index (χ2n) is 4.84. The Morgan fingerprint density at radius 3 is 2.55 bits per heavy atom. The fraction of sp³-hybridized carbons (Fsp3) is 0.294. The predicted molar refractivity (Wildman–Crippen MR) is 87.6 cm³/mol. The minimum Gasteiger partial charge on any atom is -0.492 e. The Bertz CT molecular complexity index is 622. The number of ketones is 1. The third kappa shape index (κ3) is 5.33. The molecule has 0 atom stereocenters. The summed E-state index contributed by atoms with van der Waals surface area (Å²) in [5, 5.41) is 2.75. The van der Waals surface area contributed by atoms with Gasteiger partial charge in [0.1, 0.15) is 12.4 Å². The van der Waals surface area contributed by atoms with Gasteiger partial charge in [-0.15, -0.1) is 11.3 Å². The lowest BCUT2D eigenvalue weighted by Crippen LogP contribution is -2.28. The van der Waals surface area contributed by atoms with Crippen molar-refractivity contribution in [1.29, 1.82) is 0 Å². The number of para-hydroxylation sites is 1. The van der Waals surface area contributed by atoms with Crippen LogP contribution in [-0.4, -0.2) is 24.8 Å². The average Bonchev–Trinajstić information content (AvgIpc) is 2.97. The molecule has 2 rings (SSSR count). The van der Waals surface area contributed by atoms with Gasteiger partial charge in [-0.25, -0.2) is 0 Å². The van der Waals surface area contributed by atoms with Crippen molar-refractivity contribution in [1.82, 2.24) is 5.32 Å². The molecule has 0 unspecified atom stereocenters. The number of thiophene rings is 1. The molecule has 0 aliphatic heterocycles. The van der Waals surface area contributed by atoms with E-state index >= 15 is 0 Å². The third-order valence-corrected chi connectivity index (χ3v) is 4.07. The first kappa shape index (κ1) is 16.2. The highest BCUT2D eigenvalue weighted by atomic mass is 32.1. The van der Waals surface area contributed by atoms with E-state index in [1.807, 2.05) is 49.4 Å². The Hall–Kier alpha value is -2.14. The van der Waals surface area contributed by atoms with Gasteiger partial charge in [-0.05, 0) is 31.2 Å². The van der Waals surface area contributed by atoms with Crippen LogP contribution in [0.15, 0.2) is 42.5 Å². The average molecular weight is 317 g/mol. The summed E-state index contributed by atoms with van der Waals surface area (Å²) in [6.07, 6.45) is 0.451. The molecule has 1 aromatic heterocycles. The molecule has 0 bridgehead atoms. The Labute approximate surface area is 134 Å². The lowest BCUT2D eigenvalue weighted by Gasteiger charge is -2.07. The fourth-order valence-corrected chi connectivity index (χ4v) is 2.73. The van der Waals surface area contributed by atoms with Gasteiger partial charge in [0.15, 0.2) is 5.78 Å². The topological polar surface area (TPSA) is 55.4 Å². The van der Waals surface area contributed by atoms with E-state index in [2.05, 4.69) is 5.32 Å². The molecular formula is C17H19NO3S. The number of carbonyl (C=O) groups excluding carboxylic acids is 2. The van der Waals surface area contributed by atoms with Crippen LogP contribution in [0.2, 0.25) is 0 Å². The zero-order valence-electron chi connectivity index (χ0n) is 12.5. The van der Waals surface area contributed by atoms with Gasteiger partial charge in [0.2, 0.25) is 5.91 Å². The molecule has 0 aliphatic carbocycles. The molecule has 1 amide bonds. The van der Waals surface area contributed by atoms with Crippen molar-refractivity contribution in [3.63, 3.8) is 0 Å². The number of Topliss-reactive ketones (excluding diaryl/α,β-unsaturated/α-hetero) is 1. The Balaban J connectivity index is 1.61. The maximum absolute atomic E-state index is 11.9. The smallest absolute Gasteiger partial charge is 0.220 e. The molecule has 2 aromatic rings. The summed E-state index contributed by atoms with van der Waals surface area (Å²) in [6.45, 7) is 2.80. The second-order valence-corrected chi connectivity index (χ2v) is 6.13. The van der Waals surface area contributed by atoms with Gasteiger partial charge >= 0.3 is 0 Å². The highest BCUT2D eigenvalue weighted by molar-refractivity contribution is 7.14. The first-order valence-corrected chi connectivity index (χ1v) is 8.01. The zero-order valence-corrected chi connectivity index (χ0v) is 13.3. The molecular weight excluding hydrogens is 298 g/mol.